The van der Waals surface area contributed by atoms with Crippen molar-refractivity contribution in [2.45, 2.75) is 31.9 Å². The molecule has 1 aromatic carbocycles. The third kappa shape index (κ3) is 2.98. The second-order valence-electron chi connectivity index (χ2n) is 3.88. The lowest BCUT2D eigenvalue weighted by atomic mass is 10.1. The summed E-state index contributed by atoms with van der Waals surface area (Å²) in [6.07, 6.45) is 1.86. The molecule has 2 rings (SSSR count). The molecule has 0 heterocycles. The van der Waals surface area contributed by atoms with E-state index in [9.17, 15) is 4.79 Å². The fourth-order valence-corrected chi connectivity index (χ4v) is 1.37. The molecule has 0 aliphatic heterocycles. The number of benzene rings is 1. The zero-order chi connectivity index (χ0) is 10.7. The Morgan fingerprint density at radius 2 is 2.07 bits per heavy atom. The molecule has 15 heavy (non-hydrogen) atoms. The van der Waals surface area contributed by atoms with Crippen molar-refractivity contribution in [3.05, 3.63) is 35.9 Å². The molecule has 1 amide bonds. The van der Waals surface area contributed by atoms with Gasteiger partial charge in [-0.1, -0.05) is 30.3 Å². The van der Waals surface area contributed by atoms with Crippen molar-refractivity contribution in [3.8, 4) is 0 Å². The smallest absolute Gasteiger partial charge is 0.407 e. The molecular weight excluding hydrogens is 190 g/mol. The van der Waals surface area contributed by atoms with E-state index < -0.39 is 0 Å². The summed E-state index contributed by atoms with van der Waals surface area (Å²) in [5.74, 6) is 0. The van der Waals surface area contributed by atoms with Gasteiger partial charge < -0.3 is 10.1 Å². The lowest BCUT2D eigenvalue weighted by Crippen LogP contribution is -2.27. The van der Waals surface area contributed by atoms with Crippen LogP contribution in [0.25, 0.3) is 0 Å². The van der Waals surface area contributed by atoms with E-state index in [1.165, 1.54) is 0 Å². The van der Waals surface area contributed by atoms with Crippen LogP contribution in [-0.4, -0.2) is 12.2 Å². The maximum absolute atomic E-state index is 11.3. The van der Waals surface area contributed by atoms with Gasteiger partial charge in [0.15, 0.2) is 0 Å². The van der Waals surface area contributed by atoms with E-state index in [-0.39, 0.29) is 18.2 Å². The summed E-state index contributed by atoms with van der Waals surface area (Å²) in [6, 6.07) is 9.85. The molecule has 1 aromatic rings. The normalized spacial score (nSPS) is 16.9. The van der Waals surface area contributed by atoms with Crippen LogP contribution in [0, 0.1) is 0 Å². The molecule has 0 radical (unpaired) electrons. The Bertz CT molecular complexity index is 333. The van der Waals surface area contributed by atoms with Crippen LogP contribution in [-0.2, 0) is 4.74 Å². The molecule has 0 saturated heterocycles. The van der Waals surface area contributed by atoms with Gasteiger partial charge in [-0.05, 0) is 25.3 Å². The number of alkyl carbamates (subject to hydrolysis) is 1. The standard InChI is InChI=1S/C12H15NO2/c1-9(10-5-3-2-4-6-10)13-12(14)15-11-7-8-11/h2-6,9,11H,7-8H2,1H3,(H,13,14). The van der Waals surface area contributed by atoms with Crippen LogP contribution >= 0.6 is 0 Å². The van der Waals surface area contributed by atoms with Gasteiger partial charge in [-0.2, -0.15) is 0 Å². The molecule has 3 nitrogen and oxygen atoms in total. The number of carbonyl (C=O) groups is 1. The monoisotopic (exact) mass is 205 g/mol. The van der Waals surface area contributed by atoms with Gasteiger partial charge in [0.25, 0.3) is 0 Å². The summed E-state index contributed by atoms with van der Waals surface area (Å²) >= 11 is 0. The SMILES string of the molecule is CC(NC(=O)OC1CC1)c1ccccc1. The Morgan fingerprint density at radius 3 is 2.67 bits per heavy atom. The molecule has 1 atom stereocenters. The fraction of sp³-hybridized carbons (Fsp3) is 0.417. The maximum atomic E-state index is 11.3. The molecule has 1 N–H and O–H groups in total. The Kier molecular flexibility index (Phi) is 2.90. The first-order valence-corrected chi connectivity index (χ1v) is 5.28. The molecule has 0 bridgehead atoms. The van der Waals surface area contributed by atoms with Crippen LogP contribution in [0.2, 0.25) is 0 Å². The minimum absolute atomic E-state index is 0.00236. The van der Waals surface area contributed by atoms with Crippen molar-refractivity contribution >= 4 is 6.09 Å². The van der Waals surface area contributed by atoms with Crippen molar-refractivity contribution in [3.63, 3.8) is 0 Å². The molecule has 1 aliphatic rings. The molecule has 1 saturated carbocycles. The van der Waals surface area contributed by atoms with E-state index in [2.05, 4.69) is 5.32 Å². The van der Waals surface area contributed by atoms with Gasteiger partial charge >= 0.3 is 6.09 Å². The quantitative estimate of drug-likeness (QED) is 0.823. The Morgan fingerprint density at radius 1 is 1.40 bits per heavy atom. The minimum atomic E-state index is -0.311. The van der Waals surface area contributed by atoms with Crippen molar-refractivity contribution in [2.24, 2.45) is 0 Å². The highest BCUT2D eigenvalue weighted by Crippen LogP contribution is 2.23. The van der Waals surface area contributed by atoms with Gasteiger partial charge in [0.2, 0.25) is 0 Å². The second-order valence-corrected chi connectivity index (χ2v) is 3.88. The zero-order valence-corrected chi connectivity index (χ0v) is 8.77. The summed E-state index contributed by atoms with van der Waals surface area (Å²) in [6.45, 7) is 1.95. The predicted octanol–water partition coefficient (Wildman–Crippen LogP) is 2.64. The molecule has 1 fully saturated rings. The zero-order valence-electron chi connectivity index (χ0n) is 8.77. The Hall–Kier alpha value is -1.51. The largest absolute Gasteiger partial charge is 0.446 e. The van der Waals surface area contributed by atoms with E-state index in [1.54, 1.807) is 0 Å². The first-order valence-electron chi connectivity index (χ1n) is 5.28. The molecule has 80 valence electrons. The summed E-state index contributed by atoms with van der Waals surface area (Å²) in [4.78, 5) is 11.3. The number of amides is 1. The summed E-state index contributed by atoms with van der Waals surface area (Å²) in [7, 11) is 0. The van der Waals surface area contributed by atoms with Crippen molar-refractivity contribution in [2.75, 3.05) is 0 Å². The van der Waals surface area contributed by atoms with E-state index in [4.69, 9.17) is 4.74 Å². The Labute approximate surface area is 89.4 Å². The lowest BCUT2D eigenvalue weighted by molar-refractivity contribution is 0.136. The van der Waals surface area contributed by atoms with Crippen molar-refractivity contribution in [1.29, 1.82) is 0 Å². The van der Waals surface area contributed by atoms with Gasteiger partial charge in [-0.3, -0.25) is 0 Å². The van der Waals surface area contributed by atoms with Gasteiger partial charge in [-0.25, -0.2) is 4.79 Å². The van der Waals surface area contributed by atoms with Crippen LogP contribution in [0.15, 0.2) is 30.3 Å². The van der Waals surface area contributed by atoms with Crippen molar-refractivity contribution < 1.29 is 9.53 Å². The van der Waals surface area contributed by atoms with Gasteiger partial charge in [0.05, 0.1) is 6.04 Å². The molecule has 1 unspecified atom stereocenters. The average Bonchev–Trinajstić information content (AvgIpc) is 3.03. The minimum Gasteiger partial charge on any atom is -0.446 e. The topological polar surface area (TPSA) is 38.3 Å². The first-order chi connectivity index (χ1) is 7.25. The highest BCUT2D eigenvalue weighted by molar-refractivity contribution is 5.68. The molecule has 0 spiro atoms. The molecule has 1 aliphatic carbocycles. The van der Waals surface area contributed by atoms with Gasteiger partial charge in [0.1, 0.15) is 6.10 Å². The molecule has 3 heteroatoms. The van der Waals surface area contributed by atoms with Crippen LogP contribution in [0.4, 0.5) is 4.79 Å². The van der Waals surface area contributed by atoms with Crippen molar-refractivity contribution in [1.82, 2.24) is 5.32 Å². The van der Waals surface area contributed by atoms with E-state index in [0.29, 0.717) is 0 Å². The third-order valence-corrected chi connectivity index (χ3v) is 2.43. The van der Waals surface area contributed by atoms with Crippen LogP contribution in [0.3, 0.4) is 0 Å². The van der Waals surface area contributed by atoms with Crippen LogP contribution < -0.4 is 5.32 Å². The third-order valence-electron chi connectivity index (χ3n) is 2.43. The number of rotatable bonds is 3. The van der Waals surface area contributed by atoms with Gasteiger partial charge in [0, 0.05) is 0 Å². The number of hydrogen-bond acceptors (Lipinski definition) is 2. The highest BCUT2D eigenvalue weighted by Gasteiger charge is 2.26. The van der Waals surface area contributed by atoms with Crippen LogP contribution in [0.5, 0.6) is 0 Å². The number of nitrogens with one attached hydrogen (secondary N) is 1. The van der Waals surface area contributed by atoms with E-state index in [0.717, 1.165) is 18.4 Å². The maximum Gasteiger partial charge on any atom is 0.407 e. The van der Waals surface area contributed by atoms with E-state index >= 15 is 0 Å². The Balaban J connectivity index is 1.85. The second kappa shape index (κ2) is 4.34. The molecule has 0 aromatic heterocycles. The summed E-state index contributed by atoms with van der Waals surface area (Å²) in [5.41, 5.74) is 1.09. The number of ether oxygens (including phenoxy) is 1. The predicted molar refractivity (Wildman–Crippen MR) is 57.5 cm³/mol. The van der Waals surface area contributed by atoms with Crippen LogP contribution in [0.1, 0.15) is 31.4 Å². The summed E-state index contributed by atoms with van der Waals surface area (Å²) in [5, 5.41) is 2.81. The highest BCUT2D eigenvalue weighted by atomic mass is 16.6. The summed E-state index contributed by atoms with van der Waals surface area (Å²) < 4.78 is 5.10. The van der Waals surface area contributed by atoms with E-state index in [1.807, 2.05) is 37.3 Å². The number of carbonyl (C=O) groups excluding carboxylic acids is 1. The average molecular weight is 205 g/mol. The fourth-order valence-electron chi connectivity index (χ4n) is 1.37. The lowest BCUT2D eigenvalue weighted by Gasteiger charge is -2.13. The number of hydrogen-bond donors (Lipinski definition) is 1. The van der Waals surface area contributed by atoms with Gasteiger partial charge in [-0.15, -0.1) is 0 Å². The molecular formula is C12H15NO2. The first kappa shape index (κ1) is 10.0.